The Balaban J connectivity index is 1.46. The lowest BCUT2D eigenvalue weighted by Gasteiger charge is -2.39. The van der Waals surface area contributed by atoms with E-state index in [-0.39, 0.29) is 19.2 Å². The molecule has 0 saturated heterocycles. The van der Waals surface area contributed by atoms with Crippen LogP contribution in [0.3, 0.4) is 0 Å². The van der Waals surface area contributed by atoms with Gasteiger partial charge >= 0.3 is 5.97 Å². The van der Waals surface area contributed by atoms with Crippen LogP contribution in [-0.4, -0.2) is 25.2 Å². The lowest BCUT2D eigenvalue weighted by molar-refractivity contribution is -0.147. The Morgan fingerprint density at radius 3 is 1.54 bits per heavy atom. The highest BCUT2D eigenvalue weighted by molar-refractivity contribution is 5.76. The maximum Gasteiger partial charge on any atom is 0.326 e. The molecule has 0 amide bonds. The molecule has 5 aromatic rings. The van der Waals surface area contributed by atoms with E-state index >= 15 is 0 Å². The third kappa shape index (κ3) is 6.74. The fraction of sp³-hybridized carbons (Fsp3) is 0.162. The normalized spacial score (nSPS) is 11.9. The van der Waals surface area contributed by atoms with E-state index in [4.69, 9.17) is 9.47 Å². The van der Waals surface area contributed by atoms with Gasteiger partial charge in [-0.15, -0.1) is 0 Å². The number of esters is 1. The van der Waals surface area contributed by atoms with Crippen LogP contribution in [0, 0.1) is 0 Å². The first-order valence-electron chi connectivity index (χ1n) is 14.1. The zero-order chi connectivity index (χ0) is 28.3. The molecule has 0 aliphatic carbocycles. The number of carbonyl (C=O) groups is 1. The van der Waals surface area contributed by atoms with E-state index in [1.165, 1.54) is 11.1 Å². The van der Waals surface area contributed by atoms with E-state index in [1.54, 1.807) is 0 Å². The topological polar surface area (TPSA) is 47.6 Å². The van der Waals surface area contributed by atoms with Crippen LogP contribution in [0.25, 0.3) is 0 Å². The van der Waals surface area contributed by atoms with Crippen LogP contribution < -0.4 is 10.1 Å². The van der Waals surface area contributed by atoms with Crippen molar-refractivity contribution in [3.63, 3.8) is 0 Å². The van der Waals surface area contributed by atoms with Crippen molar-refractivity contribution in [2.24, 2.45) is 0 Å². The number of nitrogens with one attached hydrogen (secondary N) is 1. The smallest absolute Gasteiger partial charge is 0.326 e. The third-order valence-electron chi connectivity index (χ3n) is 7.17. The summed E-state index contributed by atoms with van der Waals surface area (Å²) in [7, 11) is 0. The molecule has 1 N–H and O–H groups in total. The van der Waals surface area contributed by atoms with Crippen molar-refractivity contribution in [1.82, 2.24) is 5.32 Å². The van der Waals surface area contributed by atoms with Crippen LogP contribution >= 0.6 is 0 Å². The third-order valence-corrected chi connectivity index (χ3v) is 7.17. The monoisotopic (exact) mass is 541 g/mol. The van der Waals surface area contributed by atoms with Gasteiger partial charge in [-0.05, 0) is 53.3 Å². The molecule has 0 radical (unpaired) electrons. The summed E-state index contributed by atoms with van der Waals surface area (Å²) in [6, 6.07) is 48.3. The van der Waals surface area contributed by atoms with Crippen molar-refractivity contribution in [2.45, 2.75) is 24.9 Å². The predicted octanol–water partition coefficient (Wildman–Crippen LogP) is 7.17. The summed E-state index contributed by atoms with van der Waals surface area (Å²) in [5.74, 6) is 0.336. The molecule has 0 aliphatic rings. The maximum absolute atomic E-state index is 13.4. The Bertz CT molecular complexity index is 1390. The molecule has 0 spiro atoms. The van der Waals surface area contributed by atoms with E-state index in [1.807, 2.05) is 79.7 Å². The van der Waals surface area contributed by atoms with Crippen LogP contribution in [0.2, 0.25) is 0 Å². The zero-order valence-corrected chi connectivity index (χ0v) is 23.3. The van der Waals surface area contributed by atoms with Crippen molar-refractivity contribution in [3.8, 4) is 5.75 Å². The molecule has 4 nitrogen and oxygen atoms in total. The summed E-state index contributed by atoms with van der Waals surface area (Å²) in [6.45, 7) is 2.20. The summed E-state index contributed by atoms with van der Waals surface area (Å²) in [5.41, 5.74) is 4.65. The van der Waals surface area contributed by atoms with Crippen LogP contribution in [-0.2, 0) is 21.5 Å². The molecule has 0 aliphatic heterocycles. The molecule has 206 valence electrons. The van der Waals surface area contributed by atoms with Crippen molar-refractivity contribution in [2.75, 3.05) is 13.2 Å². The molecule has 5 rings (SSSR count). The number of benzene rings is 5. The highest BCUT2D eigenvalue weighted by atomic mass is 16.5. The van der Waals surface area contributed by atoms with Gasteiger partial charge in [-0.1, -0.05) is 133 Å². The summed E-state index contributed by atoms with van der Waals surface area (Å²) >= 11 is 0. The van der Waals surface area contributed by atoms with Crippen LogP contribution in [0.5, 0.6) is 5.75 Å². The number of hydrogen-bond acceptors (Lipinski definition) is 4. The Morgan fingerprint density at radius 1 is 0.634 bits per heavy atom. The minimum atomic E-state index is -0.829. The van der Waals surface area contributed by atoms with Gasteiger partial charge in [-0.2, -0.15) is 0 Å². The first-order valence-corrected chi connectivity index (χ1v) is 14.1. The van der Waals surface area contributed by atoms with Gasteiger partial charge in [0.25, 0.3) is 0 Å². The summed E-state index contributed by atoms with van der Waals surface area (Å²) < 4.78 is 11.8. The second kappa shape index (κ2) is 13.6. The number of carbonyl (C=O) groups excluding carboxylic acids is 1. The molecule has 4 heteroatoms. The minimum Gasteiger partial charge on any atom is -0.491 e. The largest absolute Gasteiger partial charge is 0.491 e. The molecule has 0 aromatic heterocycles. The molecule has 5 aromatic carbocycles. The molecule has 1 atom stereocenters. The molecular formula is C37H35NO3. The Hall–Kier alpha value is -4.67. The van der Waals surface area contributed by atoms with Gasteiger partial charge in [0, 0.05) is 0 Å². The van der Waals surface area contributed by atoms with E-state index in [0.29, 0.717) is 5.75 Å². The van der Waals surface area contributed by atoms with Crippen molar-refractivity contribution in [3.05, 3.63) is 173 Å². The highest BCUT2D eigenvalue weighted by Crippen LogP contribution is 2.37. The molecule has 41 heavy (non-hydrogen) atoms. The summed E-state index contributed by atoms with van der Waals surface area (Å²) in [5, 5.41) is 3.72. The van der Waals surface area contributed by atoms with E-state index in [2.05, 4.69) is 78.1 Å². The predicted molar refractivity (Wildman–Crippen MR) is 164 cm³/mol. The van der Waals surface area contributed by atoms with E-state index < -0.39 is 11.6 Å². The van der Waals surface area contributed by atoms with Gasteiger partial charge in [0.1, 0.15) is 18.4 Å². The van der Waals surface area contributed by atoms with Gasteiger partial charge in [-0.3, -0.25) is 10.1 Å². The highest BCUT2D eigenvalue weighted by Gasteiger charge is 2.40. The fourth-order valence-electron chi connectivity index (χ4n) is 5.20. The molecule has 0 unspecified atom stereocenters. The quantitative estimate of drug-likeness (QED) is 0.134. The van der Waals surface area contributed by atoms with Gasteiger partial charge in [-0.25, -0.2) is 0 Å². The van der Waals surface area contributed by atoms with Crippen LogP contribution in [0.1, 0.15) is 34.7 Å². The van der Waals surface area contributed by atoms with Crippen LogP contribution in [0.15, 0.2) is 146 Å². The standard InChI is InChI=1S/C37H35NO3/c1-2-40-36(39)35(28-41-34-25-23-30(24-26-34)27-29-15-7-3-8-16-29)38-37(31-17-9-4-10-18-31,32-19-11-5-12-20-32)33-21-13-6-14-22-33/h3-26,35,38H,2,27-28H2,1H3/t35-/m0/s1. The van der Waals surface area contributed by atoms with Gasteiger partial charge in [0.15, 0.2) is 0 Å². The minimum absolute atomic E-state index is 0.102. The van der Waals surface area contributed by atoms with Gasteiger partial charge in [0.05, 0.1) is 12.1 Å². The first-order chi connectivity index (χ1) is 20.2. The average molecular weight is 542 g/mol. The lowest BCUT2D eigenvalue weighted by atomic mass is 9.76. The van der Waals surface area contributed by atoms with Crippen molar-refractivity contribution < 1.29 is 14.3 Å². The zero-order valence-electron chi connectivity index (χ0n) is 23.3. The van der Waals surface area contributed by atoms with Crippen molar-refractivity contribution in [1.29, 1.82) is 0 Å². The Kier molecular flexibility index (Phi) is 9.25. The average Bonchev–Trinajstić information content (AvgIpc) is 3.04. The second-order valence-electron chi connectivity index (χ2n) is 9.91. The van der Waals surface area contributed by atoms with Crippen molar-refractivity contribution >= 4 is 5.97 Å². The Morgan fingerprint density at radius 2 is 1.07 bits per heavy atom. The van der Waals surface area contributed by atoms with Gasteiger partial charge < -0.3 is 9.47 Å². The summed E-state index contributed by atoms with van der Waals surface area (Å²) in [6.07, 6.45) is 0.849. The fourth-order valence-corrected chi connectivity index (χ4v) is 5.20. The lowest BCUT2D eigenvalue weighted by Crippen LogP contribution is -2.55. The number of rotatable bonds is 12. The van der Waals surface area contributed by atoms with E-state index in [9.17, 15) is 4.79 Å². The van der Waals surface area contributed by atoms with Gasteiger partial charge in [0.2, 0.25) is 0 Å². The molecule has 0 heterocycles. The molecular weight excluding hydrogens is 506 g/mol. The Labute approximate surface area is 242 Å². The second-order valence-corrected chi connectivity index (χ2v) is 9.91. The summed E-state index contributed by atoms with van der Waals surface area (Å²) in [4.78, 5) is 13.4. The first kappa shape index (κ1) is 27.9. The number of ether oxygens (including phenoxy) is 2. The number of hydrogen-bond donors (Lipinski definition) is 1. The van der Waals surface area contributed by atoms with E-state index in [0.717, 1.165) is 23.1 Å². The molecule has 0 saturated carbocycles. The SMILES string of the molecule is CCOC(=O)[C@H](COc1ccc(Cc2ccccc2)cc1)NC(c1ccccc1)(c1ccccc1)c1ccccc1. The van der Waals surface area contributed by atoms with Crippen LogP contribution in [0.4, 0.5) is 0 Å². The maximum atomic E-state index is 13.4. The molecule has 0 bridgehead atoms. The molecule has 0 fully saturated rings.